The van der Waals surface area contributed by atoms with Gasteiger partial charge in [-0.05, 0) is 29.8 Å². The Balaban J connectivity index is 1.90. The van der Waals surface area contributed by atoms with E-state index in [1.54, 1.807) is 6.26 Å². The van der Waals surface area contributed by atoms with E-state index in [4.69, 9.17) is 16.0 Å². The van der Waals surface area contributed by atoms with Crippen LogP contribution in [0, 0.1) is 0 Å². The highest BCUT2D eigenvalue weighted by atomic mass is 79.9. The minimum absolute atomic E-state index is 0.724. The number of hydrogen-bond acceptors (Lipinski definition) is 2. The first-order chi connectivity index (χ1) is 7.75. The maximum absolute atomic E-state index is 5.87. The van der Waals surface area contributed by atoms with E-state index in [1.807, 2.05) is 30.3 Å². The Bertz CT molecular complexity index is 456. The maximum atomic E-state index is 5.87. The van der Waals surface area contributed by atoms with Crippen molar-refractivity contribution in [1.29, 1.82) is 0 Å². The molecule has 0 amide bonds. The first-order valence-electron chi connectivity index (χ1n) is 4.93. The first kappa shape index (κ1) is 11.7. The van der Waals surface area contributed by atoms with Gasteiger partial charge in [0.1, 0.15) is 5.76 Å². The van der Waals surface area contributed by atoms with Crippen molar-refractivity contribution in [2.75, 3.05) is 0 Å². The van der Waals surface area contributed by atoms with Crippen LogP contribution < -0.4 is 5.32 Å². The third-order valence-corrected chi connectivity index (χ3v) is 3.18. The van der Waals surface area contributed by atoms with Crippen LogP contribution in [-0.4, -0.2) is 0 Å². The molecule has 0 bridgehead atoms. The van der Waals surface area contributed by atoms with Crippen molar-refractivity contribution in [3.63, 3.8) is 0 Å². The van der Waals surface area contributed by atoms with Crippen LogP contribution in [0.15, 0.2) is 45.5 Å². The summed E-state index contributed by atoms with van der Waals surface area (Å²) in [5.74, 6) is 0.935. The fraction of sp³-hybridized carbons (Fsp3) is 0.167. The highest BCUT2D eigenvalue weighted by molar-refractivity contribution is 9.10. The molecular formula is C12H11BrClNO. The van der Waals surface area contributed by atoms with Gasteiger partial charge in [0.25, 0.3) is 0 Å². The fourth-order valence-corrected chi connectivity index (χ4v) is 2.22. The smallest absolute Gasteiger partial charge is 0.117 e. The molecule has 0 saturated carbocycles. The molecular weight excluding hydrogens is 289 g/mol. The van der Waals surface area contributed by atoms with E-state index in [0.717, 1.165) is 28.3 Å². The van der Waals surface area contributed by atoms with E-state index in [2.05, 4.69) is 21.2 Å². The molecule has 0 aliphatic heterocycles. The molecule has 1 N–H and O–H groups in total. The SMILES string of the molecule is Clc1ccc(CNCc2ccco2)c(Br)c1. The number of rotatable bonds is 4. The minimum Gasteiger partial charge on any atom is -0.468 e. The van der Waals surface area contributed by atoms with Crippen molar-refractivity contribution in [1.82, 2.24) is 5.32 Å². The molecule has 0 fully saturated rings. The Kier molecular flexibility index (Phi) is 4.04. The van der Waals surface area contributed by atoms with Gasteiger partial charge in [-0.25, -0.2) is 0 Å². The van der Waals surface area contributed by atoms with E-state index >= 15 is 0 Å². The lowest BCUT2D eigenvalue weighted by atomic mass is 10.2. The van der Waals surface area contributed by atoms with Gasteiger partial charge in [0.05, 0.1) is 12.8 Å². The van der Waals surface area contributed by atoms with Gasteiger partial charge < -0.3 is 9.73 Å². The lowest BCUT2D eigenvalue weighted by molar-refractivity contribution is 0.483. The Morgan fingerprint density at radius 3 is 2.81 bits per heavy atom. The van der Waals surface area contributed by atoms with Crippen molar-refractivity contribution in [3.05, 3.63) is 57.4 Å². The van der Waals surface area contributed by atoms with Gasteiger partial charge in [-0.1, -0.05) is 33.6 Å². The number of nitrogens with one attached hydrogen (secondary N) is 1. The van der Waals surface area contributed by atoms with Crippen molar-refractivity contribution < 1.29 is 4.42 Å². The van der Waals surface area contributed by atoms with Crippen molar-refractivity contribution in [2.24, 2.45) is 0 Å². The number of hydrogen-bond donors (Lipinski definition) is 1. The van der Waals surface area contributed by atoms with E-state index in [0.29, 0.717) is 0 Å². The number of halogens is 2. The predicted molar refractivity (Wildman–Crippen MR) is 68.4 cm³/mol. The molecule has 2 aromatic rings. The number of furan rings is 1. The second-order valence-corrected chi connectivity index (χ2v) is 4.71. The summed E-state index contributed by atoms with van der Waals surface area (Å²) < 4.78 is 6.25. The molecule has 0 aliphatic rings. The molecule has 0 unspecified atom stereocenters. The Labute approximate surface area is 108 Å². The van der Waals surface area contributed by atoms with Crippen LogP contribution in [0.3, 0.4) is 0 Å². The van der Waals surface area contributed by atoms with E-state index in [1.165, 1.54) is 5.56 Å². The molecule has 0 saturated heterocycles. The van der Waals surface area contributed by atoms with E-state index < -0.39 is 0 Å². The Hall–Kier alpha value is -0.770. The lowest BCUT2D eigenvalue weighted by Crippen LogP contribution is -2.12. The van der Waals surface area contributed by atoms with Crippen molar-refractivity contribution in [3.8, 4) is 0 Å². The molecule has 1 aromatic heterocycles. The van der Waals surface area contributed by atoms with Crippen LogP contribution in [0.5, 0.6) is 0 Å². The van der Waals surface area contributed by atoms with Crippen LogP contribution in [0.1, 0.15) is 11.3 Å². The second kappa shape index (κ2) is 5.53. The van der Waals surface area contributed by atoms with Gasteiger partial charge in [0, 0.05) is 16.0 Å². The fourth-order valence-electron chi connectivity index (χ4n) is 1.40. The quantitative estimate of drug-likeness (QED) is 0.924. The largest absolute Gasteiger partial charge is 0.468 e. The first-order valence-corrected chi connectivity index (χ1v) is 6.10. The van der Waals surface area contributed by atoms with Gasteiger partial charge in [0.15, 0.2) is 0 Å². The molecule has 0 spiro atoms. The topological polar surface area (TPSA) is 25.2 Å². The Morgan fingerprint density at radius 1 is 1.25 bits per heavy atom. The third-order valence-electron chi connectivity index (χ3n) is 2.21. The maximum Gasteiger partial charge on any atom is 0.117 e. The minimum atomic E-state index is 0.724. The summed E-state index contributed by atoms with van der Waals surface area (Å²) in [6.45, 7) is 1.50. The molecule has 4 heteroatoms. The Morgan fingerprint density at radius 2 is 2.12 bits per heavy atom. The highest BCUT2D eigenvalue weighted by Gasteiger charge is 2.01. The van der Waals surface area contributed by atoms with E-state index in [9.17, 15) is 0 Å². The highest BCUT2D eigenvalue weighted by Crippen LogP contribution is 2.21. The standard InChI is InChI=1S/C12H11BrClNO/c13-12-6-10(14)4-3-9(12)7-15-8-11-2-1-5-16-11/h1-6,15H,7-8H2. The van der Waals surface area contributed by atoms with Crippen molar-refractivity contribution >= 4 is 27.5 Å². The summed E-state index contributed by atoms with van der Waals surface area (Å²) in [7, 11) is 0. The molecule has 1 heterocycles. The van der Waals surface area contributed by atoms with Gasteiger partial charge in [-0.2, -0.15) is 0 Å². The van der Waals surface area contributed by atoms with Crippen LogP contribution in [0.2, 0.25) is 5.02 Å². The molecule has 0 aliphatic carbocycles. The zero-order valence-corrected chi connectivity index (χ0v) is 10.9. The molecule has 1 aromatic carbocycles. The summed E-state index contributed by atoms with van der Waals surface area (Å²) in [4.78, 5) is 0. The monoisotopic (exact) mass is 299 g/mol. The average molecular weight is 301 g/mol. The average Bonchev–Trinajstić information content (AvgIpc) is 2.74. The van der Waals surface area contributed by atoms with Crippen LogP contribution in [0.4, 0.5) is 0 Å². The van der Waals surface area contributed by atoms with E-state index in [-0.39, 0.29) is 0 Å². The molecule has 0 atom stereocenters. The predicted octanol–water partition coefficient (Wildman–Crippen LogP) is 3.99. The summed E-state index contributed by atoms with van der Waals surface area (Å²) in [5, 5.41) is 4.04. The summed E-state index contributed by atoms with van der Waals surface area (Å²) >= 11 is 9.34. The number of benzene rings is 1. The van der Waals surface area contributed by atoms with Gasteiger partial charge >= 0.3 is 0 Å². The van der Waals surface area contributed by atoms with Crippen molar-refractivity contribution in [2.45, 2.75) is 13.1 Å². The van der Waals surface area contributed by atoms with Crippen LogP contribution in [0.25, 0.3) is 0 Å². The van der Waals surface area contributed by atoms with Gasteiger partial charge in [-0.3, -0.25) is 0 Å². The molecule has 84 valence electrons. The lowest BCUT2D eigenvalue weighted by Gasteiger charge is -2.05. The third kappa shape index (κ3) is 3.11. The summed E-state index contributed by atoms with van der Waals surface area (Å²) in [5.41, 5.74) is 1.18. The summed E-state index contributed by atoms with van der Waals surface area (Å²) in [6, 6.07) is 9.61. The molecule has 2 rings (SSSR count). The van der Waals surface area contributed by atoms with Gasteiger partial charge in [0.2, 0.25) is 0 Å². The second-order valence-electron chi connectivity index (χ2n) is 3.42. The van der Waals surface area contributed by atoms with Crippen LogP contribution >= 0.6 is 27.5 Å². The van der Waals surface area contributed by atoms with Gasteiger partial charge in [-0.15, -0.1) is 0 Å². The van der Waals surface area contributed by atoms with Crippen LogP contribution in [-0.2, 0) is 13.1 Å². The molecule has 2 nitrogen and oxygen atoms in total. The summed E-state index contributed by atoms with van der Waals surface area (Å²) in [6.07, 6.45) is 1.68. The molecule has 0 radical (unpaired) electrons. The molecule has 16 heavy (non-hydrogen) atoms. The zero-order chi connectivity index (χ0) is 11.4. The normalized spacial score (nSPS) is 10.6. The zero-order valence-electron chi connectivity index (χ0n) is 8.54.